The Bertz CT molecular complexity index is 974. The third-order valence-electron chi connectivity index (χ3n) is 7.87. The standard InChI is InChI=1S/C36H55NO4/c1-2-3-4-5-6-7-8-9-10-11-12-13-17-22-29-37-30-23-25-32(31-37)24-18-15-14-16-19-28-35(38)41-34-27-21-20-26-33(34)36(39)40/h20-21,23,25-27,30-31H,2-19,22,24,28-29H2,1H3. The summed E-state index contributed by atoms with van der Waals surface area (Å²) in [6.07, 6.45) is 30.4. The van der Waals surface area contributed by atoms with Crippen LogP contribution in [0.4, 0.5) is 0 Å². The second-order valence-corrected chi connectivity index (χ2v) is 11.6. The highest BCUT2D eigenvalue weighted by molar-refractivity contribution is 5.90. The second kappa shape index (κ2) is 22.9. The minimum absolute atomic E-state index is 0.0574. The summed E-state index contributed by atoms with van der Waals surface area (Å²) in [7, 11) is 0. The topological polar surface area (TPSA) is 70.3 Å². The fraction of sp³-hybridized carbons (Fsp3) is 0.639. The Kier molecular flexibility index (Phi) is 19.3. The molecule has 1 aromatic heterocycles. The average molecular weight is 566 g/mol. The zero-order valence-corrected chi connectivity index (χ0v) is 25.8. The maximum atomic E-state index is 12.1. The molecule has 0 aliphatic heterocycles. The molecule has 2 rings (SSSR count). The quantitative estimate of drug-likeness (QED) is 0.0525. The van der Waals surface area contributed by atoms with E-state index in [9.17, 15) is 14.7 Å². The van der Waals surface area contributed by atoms with Gasteiger partial charge in [-0.2, -0.15) is 0 Å². The van der Waals surface area contributed by atoms with Gasteiger partial charge in [0.2, 0.25) is 0 Å². The van der Waals surface area contributed by atoms with Gasteiger partial charge in [0, 0.05) is 30.0 Å². The number of aromatic carboxylic acids is 1. The zero-order valence-electron chi connectivity index (χ0n) is 25.8. The summed E-state index contributed by atoms with van der Waals surface area (Å²) < 4.78 is 7.57. The minimum atomic E-state index is -1.34. The monoisotopic (exact) mass is 565 g/mol. The van der Waals surface area contributed by atoms with E-state index in [1.807, 2.05) is 0 Å². The first-order chi connectivity index (χ1) is 20.1. The first-order valence-corrected chi connectivity index (χ1v) is 16.6. The van der Waals surface area contributed by atoms with E-state index in [1.54, 1.807) is 12.1 Å². The minimum Gasteiger partial charge on any atom is -0.545 e. The molecule has 0 bridgehead atoms. The predicted molar refractivity (Wildman–Crippen MR) is 165 cm³/mol. The number of para-hydroxylation sites is 1. The van der Waals surface area contributed by atoms with Crippen LogP contribution in [0.3, 0.4) is 0 Å². The number of aryl methyl sites for hydroxylation is 2. The number of pyridine rings is 1. The molecule has 0 unspecified atom stereocenters. The summed E-state index contributed by atoms with van der Waals surface area (Å²) in [4.78, 5) is 23.2. The lowest BCUT2D eigenvalue weighted by atomic mass is 10.0. The van der Waals surface area contributed by atoms with Crippen LogP contribution in [0.1, 0.15) is 151 Å². The second-order valence-electron chi connectivity index (χ2n) is 11.6. The third kappa shape index (κ3) is 17.0. The van der Waals surface area contributed by atoms with Crippen LogP contribution < -0.4 is 14.4 Å². The zero-order chi connectivity index (χ0) is 29.4. The maximum Gasteiger partial charge on any atom is 0.311 e. The SMILES string of the molecule is CCCCCCCCCCCCCCCC[n+]1cccc(CCCCCCCC(=O)Oc2ccccc2C(=O)[O-])c1. The van der Waals surface area contributed by atoms with E-state index in [0.717, 1.165) is 45.1 Å². The molecule has 0 saturated carbocycles. The molecule has 1 heterocycles. The van der Waals surface area contributed by atoms with E-state index in [2.05, 4.69) is 36.0 Å². The molecular formula is C36H55NO4. The number of aromatic nitrogens is 1. The fourth-order valence-corrected chi connectivity index (χ4v) is 5.38. The number of nitrogens with zero attached hydrogens (tertiary/aromatic N) is 1. The molecule has 2 aromatic rings. The highest BCUT2D eigenvalue weighted by atomic mass is 16.5. The first kappa shape index (κ1) is 34.5. The Labute approximate surface area is 249 Å². The summed E-state index contributed by atoms with van der Waals surface area (Å²) in [6, 6.07) is 10.5. The Morgan fingerprint density at radius 3 is 1.88 bits per heavy atom. The van der Waals surface area contributed by atoms with Crippen LogP contribution in [0, 0.1) is 0 Å². The Hall–Kier alpha value is -2.69. The van der Waals surface area contributed by atoms with E-state index in [4.69, 9.17) is 4.74 Å². The molecule has 0 N–H and O–H groups in total. The Morgan fingerprint density at radius 2 is 1.24 bits per heavy atom. The molecule has 5 heteroatoms. The molecule has 0 amide bonds. The van der Waals surface area contributed by atoms with Crippen LogP contribution >= 0.6 is 0 Å². The van der Waals surface area contributed by atoms with Gasteiger partial charge in [-0.1, -0.05) is 115 Å². The van der Waals surface area contributed by atoms with Crippen molar-refractivity contribution in [3.63, 3.8) is 0 Å². The van der Waals surface area contributed by atoms with Crippen LogP contribution in [0.15, 0.2) is 48.8 Å². The number of hydrogen-bond donors (Lipinski definition) is 0. The van der Waals surface area contributed by atoms with Crippen LogP contribution in [0.25, 0.3) is 0 Å². The van der Waals surface area contributed by atoms with Crippen molar-refractivity contribution < 1.29 is 24.0 Å². The van der Waals surface area contributed by atoms with E-state index in [-0.39, 0.29) is 11.3 Å². The lowest BCUT2D eigenvalue weighted by molar-refractivity contribution is -0.697. The third-order valence-corrected chi connectivity index (χ3v) is 7.87. The van der Waals surface area contributed by atoms with Crippen LogP contribution in [0.5, 0.6) is 5.75 Å². The van der Waals surface area contributed by atoms with Gasteiger partial charge in [-0.25, -0.2) is 4.57 Å². The average Bonchev–Trinajstić information content (AvgIpc) is 2.97. The number of benzene rings is 1. The van der Waals surface area contributed by atoms with Gasteiger partial charge < -0.3 is 14.6 Å². The number of carbonyl (C=O) groups is 2. The normalized spacial score (nSPS) is 11.0. The molecule has 0 aliphatic rings. The predicted octanol–water partition coefficient (Wildman–Crippen LogP) is 8.31. The summed E-state index contributed by atoms with van der Waals surface area (Å²) >= 11 is 0. The van der Waals surface area contributed by atoms with Crippen molar-refractivity contribution in [2.24, 2.45) is 0 Å². The Balaban J connectivity index is 1.44. The summed E-state index contributed by atoms with van der Waals surface area (Å²) in [5, 5.41) is 11.1. The first-order valence-electron chi connectivity index (χ1n) is 16.6. The number of hydrogen-bond acceptors (Lipinski definition) is 4. The molecule has 41 heavy (non-hydrogen) atoms. The number of carbonyl (C=O) groups excluding carboxylic acids is 2. The highest BCUT2D eigenvalue weighted by Gasteiger charge is 2.09. The van der Waals surface area contributed by atoms with Gasteiger partial charge >= 0.3 is 5.97 Å². The van der Waals surface area contributed by atoms with Crippen LogP contribution in [-0.4, -0.2) is 11.9 Å². The molecule has 0 saturated heterocycles. The molecule has 0 aliphatic carbocycles. The van der Waals surface area contributed by atoms with Crippen molar-refractivity contribution in [2.75, 3.05) is 0 Å². The molecule has 0 fully saturated rings. The molecule has 0 radical (unpaired) electrons. The van der Waals surface area contributed by atoms with Crippen molar-refractivity contribution >= 4 is 11.9 Å². The van der Waals surface area contributed by atoms with E-state index >= 15 is 0 Å². The van der Waals surface area contributed by atoms with Crippen LogP contribution in [0.2, 0.25) is 0 Å². The van der Waals surface area contributed by atoms with Gasteiger partial charge in [0.25, 0.3) is 0 Å². The number of ether oxygens (including phenoxy) is 1. The van der Waals surface area contributed by atoms with Gasteiger partial charge in [0.15, 0.2) is 12.4 Å². The van der Waals surface area contributed by atoms with Gasteiger partial charge in [0.1, 0.15) is 12.3 Å². The van der Waals surface area contributed by atoms with Gasteiger partial charge in [-0.3, -0.25) is 4.79 Å². The Morgan fingerprint density at radius 1 is 0.683 bits per heavy atom. The van der Waals surface area contributed by atoms with Crippen LogP contribution in [-0.2, 0) is 17.8 Å². The molecule has 0 atom stereocenters. The van der Waals surface area contributed by atoms with E-state index in [1.165, 1.54) is 108 Å². The van der Waals surface area contributed by atoms with E-state index in [0.29, 0.717) is 6.42 Å². The largest absolute Gasteiger partial charge is 0.545 e. The number of carboxylic acids is 1. The number of esters is 1. The number of unbranched alkanes of at least 4 members (excludes halogenated alkanes) is 17. The lowest BCUT2D eigenvalue weighted by Crippen LogP contribution is -2.33. The van der Waals surface area contributed by atoms with Crippen molar-refractivity contribution in [1.82, 2.24) is 0 Å². The molecular weight excluding hydrogens is 510 g/mol. The summed E-state index contributed by atoms with van der Waals surface area (Å²) in [5.41, 5.74) is 1.30. The molecule has 0 spiro atoms. The summed E-state index contributed by atoms with van der Waals surface area (Å²) in [6.45, 7) is 3.39. The van der Waals surface area contributed by atoms with Gasteiger partial charge in [-0.05, 0) is 43.9 Å². The summed E-state index contributed by atoms with van der Waals surface area (Å²) in [5.74, 6) is -1.68. The highest BCUT2D eigenvalue weighted by Crippen LogP contribution is 2.18. The fourth-order valence-electron chi connectivity index (χ4n) is 5.38. The number of rotatable bonds is 25. The van der Waals surface area contributed by atoms with E-state index < -0.39 is 11.9 Å². The molecule has 1 aromatic carbocycles. The van der Waals surface area contributed by atoms with Crippen molar-refractivity contribution in [2.45, 2.75) is 148 Å². The van der Waals surface area contributed by atoms with Gasteiger partial charge in [0.05, 0.1) is 5.97 Å². The van der Waals surface area contributed by atoms with Crippen molar-refractivity contribution in [1.29, 1.82) is 0 Å². The van der Waals surface area contributed by atoms with Crippen molar-refractivity contribution in [3.8, 4) is 5.75 Å². The molecule has 228 valence electrons. The lowest BCUT2D eigenvalue weighted by Gasteiger charge is -2.10. The maximum absolute atomic E-state index is 12.1. The smallest absolute Gasteiger partial charge is 0.311 e. The van der Waals surface area contributed by atoms with Crippen molar-refractivity contribution in [3.05, 3.63) is 59.9 Å². The number of carboxylic acid groups (broad SMARTS) is 1. The van der Waals surface area contributed by atoms with Gasteiger partial charge in [-0.15, -0.1) is 0 Å². The molecule has 5 nitrogen and oxygen atoms in total.